The van der Waals surface area contributed by atoms with Crippen molar-refractivity contribution in [2.75, 3.05) is 37.3 Å². The van der Waals surface area contributed by atoms with E-state index in [1.54, 1.807) is 12.3 Å². The summed E-state index contributed by atoms with van der Waals surface area (Å²) >= 11 is 0. The topological polar surface area (TPSA) is 117 Å². The molecule has 1 aliphatic rings. The summed E-state index contributed by atoms with van der Waals surface area (Å²) in [6.07, 6.45) is 4.90. The quantitative estimate of drug-likeness (QED) is 0.828. The van der Waals surface area contributed by atoms with Crippen molar-refractivity contribution in [1.82, 2.24) is 19.3 Å². The molecule has 138 valence electrons. The van der Waals surface area contributed by atoms with Gasteiger partial charge in [0.05, 0.1) is 23.2 Å². The lowest BCUT2D eigenvalue weighted by Gasteiger charge is -2.21. The zero-order valence-corrected chi connectivity index (χ0v) is 15.1. The van der Waals surface area contributed by atoms with Crippen LogP contribution in [0.3, 0.4) is 0 Å². The monoisotopic (exact) mass is 377 g/mol. The predicted molar refractivity (Wildman–Crippen MR) is 95.5 cm³/mol. The summed E-state index contributed by atoms with van der Waals surface area (Å²) in [7, 11) is -3.22. The third-order valence-corrected chi connectivity index (χ3v) is 5.42. The number of anilines is 1. The Morgan fingerprint density at radius 1 is 1.08 bits per heavy atom. The second-order valence-corrected chi connectivity index (χ2v) is 7.96. The first-order valence-electron chi connectivity index (χ1n) is 8.07. The van der Waals surface area contributed by atoms with Gasteiger partial charge in [-0.25, -0.2) is 27.5 Å². The third kappa shape index (κ3) is 4.14. The van der Waals surface area contributed by atoms with Gasteiger partial charge in [0.2, 0.25) is 16.0 Å². The number of hydrogen-bond donors (Lipinski definition) is 1. The van der Waals surface area contributed by atoms with Crippen molar-refractivity contribution in [3.05, 3.63) is 36.2 Å². The van der Waals surface area contributed by atoms with Gasteiger partial charge in [0.25, 0.3) is 0 Å². The molecule has 1 saturated heterocycles. The van der Waals surface area contributed by atoms with Crippen LogP contribution in [0, 0.1) is 0 Å². The van der Waals surface area contributed by atoms with Gasteiger partial charge in [-0.15, -0.1) is 0 Å². The average molecular weight is 377 g/mol. The summed E-state index contributed by atoms with van der Waals surface area (Å²) in [6, 6.07) is 4.54. The molecule has 26 heavy (non-hydrogen) atoms. The van der Waals surface area contributed by atoms with Gasteiger partial charge < -0.3 is 10.0 Å². The number of aromatic carboxylic acids is 1. The first-order valence-corrected chi connectivity index (χ1v) is 9.92. The van der Waals surface area contributed by atoms with Gasteiger partial charge in [0.15, 0.2) is 0 Å². The fourth-order valence-corrected chi connectivity index (χ4v) is 3.65. The molecule has 1 fully saturated rings. The Morgan fingerprint density at radius 3 is 2.58 bits per heavy atom. The van der Waals surface area contributed by atoms with E-state index in [2.05, 4.69) is 15.0 Å². The number of hydrogen-bond acceptors (Lipinski definition) is 7. The summed E-state index contributed by atoms with van der Waals surface area (Å²) in [6.45, 7) is 1.97. The highest BCUT2D eigenvalue weighted by Crippen LogP contribution is 2.19. The van der Waals surface area contributed by atoms with Gasteiger partial charge in [-0.1, -0.05) is 0 Å². The van der Waals surface area contributed by atoms with Crippen LogP contribution in [0.15, 0.2) is 30.6 Å². The second-order valence-electron chi connectivity index (χ2n) is 5.98. The van der Waals surface area contributed by atoms with Crippen LogP contribution < -0.4 is 4.90 Å². The lowest BCUT2D eigenvalue weighted by Crippen LogP contribution is -2.34. The van der Waals surface area contributed by atoms with Gasteiger partial charge in [-0.3, -0.25) is 4.98 Å². The molecular formula is C16H19N5O4S. The van der Waals surface area contributed by atoms with Crippen molar-refractivity contribution in [2.24, 2.45) is 0 Å². The van der Waals surface area contributed by atoms with Crippen molar-refractivity contribution in [1.29, 1.82) is 0 Å². The Hall–Kier alpha value is -2.59. The van der Waals surface area contributed by atoms with Crippen LogP contribution in [0.2, 0.25) is 0 Å². The number of nitrogens with zero attached hydrogens (tertiary/aromatic N) is 5. The molecule has 0 aliphatic carbocycles. The maximum Gasteiger partial charge on any atom is 0.335 e. The Morgan fingerprint density at radius 2 is 1.85 bits per heavy atom. The molecule has 0 radical (unpaired) electrons. The molecule has 0 unspecified atom stereocenters. The van der Waals surface area contributed by atoms with E-state index in [9.17, 15) is 13.2 Å². The third-order valence-electron chi connectivity index (χ3n) is 4.12. The highest BCUT2D eigenvalue weighted by atomic mass is 32.2. The highest BCUT2D eigenvalue weighted by molar-refractivity contribution is 7.88. The summed E-state index contributed by atoms with van der Waals surface area (Å²) < 4.78 is 24.9. The molecule has 10 heteroatoms. The minimum atomic E-state index is -3.22. The SMILES string of the molecule is CS(=O)(=O)N1CCCN(c2nccc(-c3cc(C(=O)O)ccn3)n2)CC1. The van der Waals surface area contributed by atoms with Crippen LogP contribution in [0.1, 0.15) is 16.8 Å². The number of pyridine rings is 1. The minimum Gasteiger partial charge on any atom is -0.478 e. The zero-order chi connectivity index (χ0) is 18.7. The molecule has 0 aromatic carbocycles. The normalized spacial score (nSPS) is 16.3. The summed E-state index contributed by atoms with van der Waals surface area (Å²) in [5, 5.41) is 9.11. The first-order chi connectivity index (χ1) is 12.3. The van der Waals surface area contributed by atoms with Crippen LogP contribution in [-0.4, -0.2) is 71.2 Å². The van der Waals surface area contributed by atoms with Crippen molar-refractivity contribution < 1.29 is 18.3 Å². The Balaban J connectivity index is 1.83. The molecule has 1 aliphatic heterocycles. The van der Waals surface area contributed by atoms with Crippen LogP contribution in [0.5, 0.6) is 0 Å². The van der Waals surface area contributed by atoms with E-state index < -0.39 is 16.0 Å². The second kappa shape index (κ2) is 7.34. The van der Waals surface area contributed by atoms with Crippen molar-refractivity contribution in [2.45, 2.75) is 6.42 Å². The number of carboxylic acid groups (broad SMARTS) is 1. The Kier molecular flexibility index (Phi) is 5.14. The smallest absolute Gasteiger partial charge is 0.335 e. The molecule has 0 atom stereocenters. The van der Waals surface area contributed by atoms with Crippen molar-refractivity contribution in [3.63, 3.8) is 0 Å². The van der Waals surface area contributed by atoms with Gasteiger partial charge in [-0.05, 0) is 24.6 Å². The van der Waals surface area contributed by atoms with Gasteiger partial charge in [0.1, 0.15) is 0 Å². The fraction of sp³-hybridized carbons (Fsp3) is 0.375. The Labute approximate surface area is 151 Å². The Bertz CT molecular complexity index is 918. The molecule has 9 nitrogen and oxygen atoms in total. The molecule has 3 heterocycles. The van der Waals surface area contributed by atoms with Gasteiger partial charge in [0, 0.05) is 38.6 Å². The largest absolute Gasteiger partial charge is 0.478 e. The number of rotatable bonds is 4. The van der Waals surface area contributed by atoms with Crippen molar-refractivity contribution >= 4 is 21.9 Å². The van der Waals surface area contributed by atoms with Gasteiger partial charge >= 0.3 is 5.97 Å². The molecule has 0 spiro atoms. The van der Waals surface area contributed by atoms with E-state index in [0.29, 0.717) is 49.9 Å². The minimum absolute atomic E-state index is 0.133. The van der Waals surface area contributed by atoms with E-state index in [1.165, 1.54) is 28.9 Å². The molecule has 1 N–H and O–H groups in total. The number of carbonyl (C=O) groups is 1. The maximum absolute atomic E-state index is 11.7. The summed E-state index contributed by atoms with van der Waals surface area (Å²) in [4.78, 5) is 26.0. The average Bonchev–Trinajstić information content (AvgIpc) is 2.88. The zero-order valence-electron chi connectivity index (χ0n) is 14.2. The standard InChI is InChI=1S/C16H19N5O4S/c1-26(24,25)21-8-2-7-20(9-10-21)16-18-6-4-13(19-16)14-11-12(15(22)23)3-5-17-14/h3-6,11H,2,7-10H2,1H3,(H,22,23). The lowest BCUT2D eigenvalue weighted by atomic mass is 10.2. The van der Waals surface area contributed by atoms with Gasteiger partial charge in [-0.2, -0.15) is 0 Å². The van der Waals surface area contributed by atoms with E-state index >= 15 is 0 Å². The van der Waals surface area contributed by atoms with Crippen LogP contribution in [0.4, 0.5) is 5.95 Å². The molecule has 0 saturated carbocycles. The first kappa shape index (κ1) is 18.2. The van der Waals surface area contributed by atoms with Crippen LogP contribution >= 0.6 is 0 Å². The molecule has 0 bridgehead atoms. The number of sulfonamides is 1. The molecular weight excluding hydrogens is 358 g/mol. The maximum atomic E-state index is 11.7. The van der Waals surface area contributed by atoms with Crippen LogP contribution in [0.25, 0.3) is 11.4 Å². The van der Waals surface area contributed by atoms with Crippen LogP contribution in [-0.2, 0) is 10.0 Å². The molecule has 3 rings (SSSR count). The fourth-order valence-electron chi connectivity index (χ4n) is 2.77. The number of aromatic nitrogens is 3. The van der Waals surface area contributed by atoms with Crippen molar-refractivity contribution in [3.8, 4) is 11.4 Å². The summed E-state index contributed by atoms with van der Waals surface area (Å²) in [5.41, 5.74) is 1.09. The molecule has 2 aromatic rings. The molecule has 2 aromatic heterocycles. The summed E-state index contributed by atoms with van der Waals surface area (Å²) in [5.74, 6) is -0.559. The van der Waals surface area contributed by atoms with E-state index in [1.807, 2.05) is 4.90 Å². The predicted octanol–water partition coefficient (Wildman–Crippen LogP) is 0.708. The molecule has 0 amide bonds. The lowest BCUT2D eigenvalue weighted by molar-refractivity contribution is 0.0697. The van der Waals surface area contributed by atoms with E-state index in [-0.39, 0.29) is 5.56 Å². The van der Waals surface area contributed by atoms with E-state index in [4.69, 9.17) is 5.11 Å². The highest BCUT2D eigenvalue weighted by Gasteiger charge is 2.22. The number of carboxylic acids is 1. The van der Waals surface area contributed by atoms with E-state index in [0.717, 1.165) is 0 Å².